The molecule has 0 saturated carbocycles. The minimum Gasteiger partial charge on any atom is -0.381 e. The molecule has 0 radical (unpaired) electrons. The van der Waals surface area contributed by atoms with Gasteiger partial charge in [0.05, 0.1) is 6.04 Å². The zero-order valence-corrected chi connectivity index (χ0v) is 16.8. The lowest BCUT2D eigenvalue weighted by molar-refractivity contribution is -0.123. The van der Waals surface area contributed by atoms with Crippen molar-refractivity contribution in [3.8, 4) is 0 Å². The van der Waals surface area contributed by atoms with Crippen molar-refractivity contribution in [3.05, 3.63) is 71.3 Å². The Kier molecular flexibility index (Phi) is 5.67. The molecule has 1 spiro atoms. The third kappa shape index (κ3) is 4.20. The van der Waals surface area contributed by atoms with Gasteiger partial charge in [0.15, 0.2) is 0 Å². The summed E-state index contributed by atoms with van der Waals surface area (Å²) in [7, 11) is 0. The first-order chi connectivity index (χ1) is 14.1. The van der Waals surface area contributed by atoms with Crippen LogP contribution in [0, 0.1) is 5.41 Å². The molecule has 2 atom stereocenters. The van der Waals surface area contributed by atoms with Gasteiger partial charge < -0.3 is 15.4 Å². The van der Waals surface area contributed by atoms with E-state index >= 15 is 0 Å². The van der Waals surface area contributed by atoms with E-state index in [-0.39, 0.29) is 35.7 Å². The summed E-state index contributed by atoms with van der Waals surface area (Å²) in [5.41, 5.74) is 3.19. The summed E-state index contributed by atoms with van der Waals surface area (Å²) >= 11 is 0. The third-order valence-corrected chi connectivity index (χ3v) is 6.22. The second-order valence-corrected chi connectivity index (χ2v) is 8.30. The molecule has 1 aliphatic carbocycles. The van der Waals surface area contributed by atoms with Crippen LogP contribution in [-0.2, 0) is 16.0 Å². The highest BCUT2D eigenvalue weighted by Gasteiger charge is 2.47. The molecule has 0 bridgehead atoms. The number of hydrogen-bond acceptors (Lipinski definition) is 3. The van der Waals surface area contributed by atoms with Crippen LogP contribution in [-0.4, -0.2) is 31.1 Å². The molecule has 2 aromatic rings. The Morgan fingerprint density at radius 1 is 1.07 bits per heavy atom. The molecule has 29 heavy (non-hydrogen) atoms. The fourth-order valence-electron chi connectivity index (χ4n) is 4.71. The average Bonchev–Trinajstić information content (AvgIpc) is 3.01. The maximum Gasteiger partial charge on any atom is 0.251 e. The van der Waals surface area contributed by atoms with E-state index in [0.29, 0.717) is 5.56 Å². The summed E-state index contributed by atoms with van der Waals surface area (Å²) in [6.45, 7) is 3.35. The van der Waals surface area contributed by atoms with Crippen molar-refractivity contribution in [3.63, 3.8) is 0 Å². The molecule has 5 heteroatoms. The van der Waals surface area contributed by atoms with Crippen LogP contribution in [0.3, 0.4) is 0 Å². The van der Waals surface area contributed by atoms with E-state index in [9.17, 15) is 9.59 Å². The second-order valence-electron chi connectivity index (χ2n) is 8.30. The molecule has 1 fully saturated rings. The molecule has 1 heterocycles. The Morgan fingerprint density at radius 3 is 2.52 bits per heavy atom. The van der Waals surface area contributed by atoms with Crippen molar-refractivity contribution >= 4 is 11.8 Å². The molecule has 1 aliphatic heterocycles. The van der Waals surface area contributed by atoms with Gasteiger partial charge in [-0.1, -0.05) is 42.5 Å². The average molecular weight is 392 g/mol. The maximum absolute atomic E-state index is 12.9. The van der Waals surface area contributed by atoms with Crippen molar-refractivity contribution in [1.82, 2.24) is 10.6 Å². The number of ether oxygens (including phenoxy) is 1. The number of carbonyl (C=O) groups is 2. The summed E-state index contributed by atoms with van der Waals surface area (Å²) in [5, 5.41) is 6.22. The fourth-order valence-corrected chi connectivity index (χ4v) is 4.71. The summed E-state index contributed by atoms with van der Waals surface area (Å²) in [5.74, 6) is -0.184. The van der Waals surface area contributed by atoms with Crippen LogP contribution in [0.15, 0.2) is 54.6 Å². The Balaban J connectivity index is 1.41. The van der Waals surface area contributed by atoms with E-state index in [2.05, 4.69) is 28.8 Å². The van der Waals surface area contributed by atoms with E-state index in [1.165, 1.54) is 11.1 Å². The van der Waals surface area contributed by atoms with Crippen molar-refractivity contribution in [2.45, 2.75) is 44.7 Å². The molecule has 2 aromatic carbocycles. The molecule has 0 aromatic heterocycles. The van der Waals surface area contributed by atoms with E-state index in [4.69, 9.17) is 4.74 Å². The van der Waals surface area contributed by atoms with Gasteiger partial charge in [-0.3, -0.25) is 9.59 Å². The lowest BCUT2D eigenvalue weighted by atomic mass is 9.74. The standard InChI is InChI=1S/C24H28N2O3/c1-17(25-23(28)18-7-3-2-4-8-18)15-21(27)26-22-20-10-6-5-9-19(20)16-24(22)11-13-29-14-12-24/h2-10,17,22H,11-16H2,1H3,(H,25,28)(H,26,27). The zero-order valence-electron chi connectivity index (χ0n) is 16.8. The second kappa shape index (κ2) is 8.37. The Hall–Kier alpha value is -2.66. The molecule has 1 saturated heterocycles. The summed E-state index contributed by atoms with van der Waals surface area (Å²) < 4.78 is 5.60. The van der Waals surface area contributed by atoms with Crippen LogP contribution in [0.4, 0.5) is 0 Å². The lowest BCUT2D eigenvalue weighted by Crippen LogP contribution is -2.44. The largest absolute Gasteiger partial charge is 0.381 e. The Morgan fingerprint density at radius 2 is 1.76 bits per heavy atom. The number of fused-ring (bicyclic) bond motifs is 1. The predicted molar refractivity (Wildman–Crippen MR) is 112 cm³/mol. The minimum atomic E-state index is -0.245. The Bertz CT molecular complexity index is 875. The number of benzene rings is 2. The van der Waals surface area contributed by atoms with Gasteiger partial charge >= 0.3 is 0 Å². The minimum absolute atomic E-state index is 0.00660. The normalized spacial score (nSPS) is 20.7. The van der Waals surface area contributed by atoms with E-state index in [0.717, 1.165) is 32.5 Å². The van der Waals surface area contributed by atoms with Gasteiger partial charge in [-0.2, -0.15) is 0 Å². The van der Waals surface area contributed by atoms with Crippen molar-refractivity contribution in [1.29, 1.82) is 0 Å². The van der Waals surface area contributed by atoms with Crippen LogP contribution in [0.2, 0.25) is 0 Å². The van der Waals surface area contributed by atoms with Crippen LogP contribution < -0.4 is 10.6 Å². The van der Waals surface area contributed by atoms with Crippen molar-refractivity contribution < 1.29 is 14.3 Å². The van der Waals surface area contributed by atoms with E-state index in [1.54, 1.807) is 12.1 Å². The highest BCUT2D eigenvalue weighted by molar-refractivity contribution is 5.94. The molecular weight excluding hydrogens is 364 g/mol. The summed E-state index contributed by atoms with van der Waals surface area (Å²) in [6.07, 6.45) is 3.14. The van der Waals surface area contributed by atoms with Gasteiger partial charge in [0.1, 0.15) is 0 Å². The monoisotopic (exact) mass is 392 g/mol. The lowest BCUT2D eigenvalue weighted by Gasteiger charge is -2.39. The molecule has 4 rings (SSSR count). The quantitative estimate of drug-likeness (QED) is 0.819. The van der Waals surface area contributed by atoms with Crippen LogP contribution in [0.1, 0.15) is 53.7 Å². The number of carbonyl (C=O) groups excluding carboxylic acids is 2. The molecule has 2 unspecified atom stereocenters. The van der Waals surface area contributed by atoms with Crippen LogP contribution in [0.5, 0.6) is 0 Å². The van der Waals surface area contributed by atoms with Crippen LogP contribution >= 0.6 is 0 Å². The van der Waals surface area contributed by atoms with Crippen molar-refractivity contribution in [2.24, 2.45) is 5.41 Å². The highest BCUT2D eigenvalue weighted by atomic mass is 16.5. The maximum atomic E-state index is 12.9. The number of rotatable bonds is 5. The van der Waals surface area contributed by atoms with Gasteiger partial charge in [0, 0.05) is 36.7 Å². The molecule has 2 aliphatic rings. The summed E-state index contributed by atoms with van der Waals surface area (Å²) in [4.78, 5) is 25.2. The smallest absolute Gasteiger partial charge is 0.251 e. The van der Waals surface area contributed by atoms with Crippen molar-refractivity contribution in [2.75, 3.05) is 13.2 Å². The fraction of sp³-hybridized carbons (Fsp3) is 0.417. The van der Waals surface area contributed by atoms with Gasteiger partial charge in [0.2, 0.25) is 5.91 Å². The number of nitrogens with one attached hydrogen (secondary N) is 2. The SMILES string of the molecule is CC(CC(=O)NC1c2ccccc2CC12CCOCC2)NC(=O)c1ccccc1. The first-order valence-electron chi connectivity index (χ1n) is 10.4. The van der Waals surface area contributed by atoms with Gasteiger partial charge in [-0.05, 0) is 49.4 Å². The third-order valence-electron chi connectivity index (χ3n) is 6.22. The molecule has 2 amide bonds. The number of hydrogen-bond donors (Lipinski definition) is 2. The molecule has 2 N–H and O–H groups in total. The molecule has 5 nitrogen and oxygen atoms in total. The zero-order chi connectivity index (χ0) is 20.3. The molecular formula is C24H28N2O3. The van der Waals surface area contributed by atoms with Gasteiger partial charge in [-0.25, -0.2) is 0 Å². The first-order valence-corrected chi connectivity index (χ1v) is 10.4. The van der Waals surface area contributed by atoms with Gasteiger partial charge in [-0.15, -0.1) is 0 Å². The summed E-state index contributed by atoms with van der Waals surface area (Å²) in [6, 6.07) is 17.2. The Labute approximate surface area is 171 Å². The first kappa shape index (κ1) is 19.6. The topological polar surface area (TPSA) is 67.4 Å². The molecule has 152 valence electrons. The van der Waals surface area contributed by atoms with E-state index < -0.39 is 0 Å². The van der Waals surface area contributed by atoms with Crippen LogP contribution in [0.25, 0.3) is 0 Å². The van der Waals surface area contributed by atoms with E-state index in [1.807, 2.05) is 31.2 Å². The van der Waals surface area contributed by atoms with Gasteiger partial charge in [0.25, 0.3) is 5.91 Å². The predicted octanol–water partition coefficient (Wildman–Crippen LogP) is 3.41. The number of amides is 2. The highest BCUT2D eigenvalue weighted by Crippen LogP contribution is 2.51.